The molecule has 0 unspecified atom stereocenters. The molecule has 0 aromatic heterocycles. The predicted octanol–water partition coefficient (Wildman–Crippen LogP) is 7.72. The summed E-state index contributed by atoms with van der Waals surface area (Å²) in [5, 5.41) is 3.04. The topological polar surface area (TPSA) is 18.5 Å². The van der Waals surface area contributed by atoms with Crippen LogP contribution >= 0.6 is 11.6 Å². The molecule has 0 saturated carbocycles. The summed E-state index contributed by atoms with van der Waals surface area (Å²) in [5.41, 5.74) is 0. The minimum absolute atomic E-state index is 0.0435. The molecule has 0 aliphatic rings. The van der Waals surface area contributed by atoms with Gasteiger partial charge in [-0.25, -0.2) is 0 Å². The summed E-state index contributed by atoms with van der Waals surface area (Å²) in [4.78, 5) is 0. The van der Waals surface area contributed by atoms with Crippen LogP contribution in [-0.4, -0.2) is 33.5 Å². The second-order valence-electron chi connectivity index (χ2n) is 10.4. The molecule has 0 N–H and O–H groups in total. The Morgan fingerprint density at radius 1 is 0.706 bits per heavy atom. The maximum atomic E-state index is 6.99. The van der Waals surface area contributed by atoms with Gasteiger partial charge in [-0.2, -0.15) is 0 Å². The van der Waals surface area contributed by atoms with E-state index >= 15 is 0 Å². The molecule has 0 amide bonds. The van der Waals surface area contributed by atoms with Crippen molar-refractivity contribution in [2.75, 3.05) is 19.8 Å². The van der Waals surface area contributed by atoms with Crippen LogP contribution in [0.3, 0.4) is 0 Å². The third kappa shape index (κ3) is 9.15. The molecule has 0 aliphatic heterocycles. The molecule has 1 atom stereocenters. The lowest BCUT2D eigenvalue weighted by atomic mass is 10.1. The van der Waals surface area contributed by atoms with Crippen LogP contribution in [0.5, 0.6) is 0 Å². The lowest BCUT2D eigenvalue weighted by molar-refractivity contribution is 0.127. The van der Waals surface area contributed by atoms with Gasteiger partial charge in [-0.05, 0) is 47.5 Å². The number of halogens is 1. The highest BCUT2D eigenvalue weighted by molar-refractivity contribution is 6.99. The molecule has 0 aliphatic carbocycles. The Morgan fingerprint density at radius 2 is 1.24 bits per heavy atom. The summed E-state index contributed by atoms with van der Waals surface area (Å²) in [6.07, 6.45) is 10.3. The lowest BCUT2D eigenvalue weighted by Crippen LogP contribution is -2.66. The van der Waals surface area contributed by atoms with Crippen LogP contribution in [0.1, 0.15) is 85.5 Å². The van der Waals surface area contributed by atoms with Gasteiger partial charge in [-0.3, -0.25) is 0 Å². The Hall–Kier alpha value is -1.13. The zero-order valence-corrected chi connectivity index (χ0v) is 23.8. The predicted molar refractivity (Wildman–Crippen MR) is 151 cm³/mol. The van der Waals surface area contributed by atoms with Crippen molar-refractivity contribution in [3.05, 3.63) is 60.7 Å². The number of ether oxygens (including phenoxy) is 1. The lowest BCUT2D eigenvalue weighted by Gasteiger charge is -2.43. The van der Waals surface area contributed by atoms with Gasteiger partial charge in [0.1, 0.15) is 0 Å². The third-order valence-corrected chi connectivity index (χ3v) is 12.1. The van der Waals surface area contributed by atoms with Gasteiger partial charge in [-0.15, -0.1) is 11.6 Å². The Bertz CT molecular complexity index is 721. The van der Waals surface area contributed by atoms with Crippen LogP contribution in [0, 0.1) is 0 Å². The van der Waals surface area contributed by atoms with E-state index in [0.29, 0.717) is 0 Å². The first-order valence-electron chi connectivity index (χ1n) is 13.4. The molecule has 0 spiro atoms. The summed E-state index contributed by atoms with van der Waals surface area (Å²) < 4.78 is 12.6. The van der Waals surface area contributed by atoms with Gasteiger partial charge >= 0.3 is 0 Å². The van der Waals surface area contributed by atoms with E-state index in [-0.39, 0.29) is 10.4 Å². The first-order valence-corrected chi connectivity index (χ1v) is 15.7. The molecule has 2 rings (SSSR count). The van der Waals surface area contributed by atoms with Gasteiger partial charge in [0, 0.05) is 25.2 Å². The Labute approximate surface area is 215 Å². The summed E-state index contributed by atoms with van der Waals surface area (Å²) in [7, 11) is -2.40. The summed E-state index contributed by atoms with van der Waals surface area (Å²) in [6.45, 7) is 11.8. The van der Waals surface area contributed by atoms with Crippen LogP contribution in [0.2, 0.25) is 5.04 Å². The molecule has 34 heavy (non-hydrogen) atoms. The molecule has 4 heteroatoms. The quantitative estimate of drug-likeness (QED) is 0.125. The van der Waals surface area contributed by atoms with Gasteiger partial charge in [0.25, 0.3) is 8.32 Å². The van der Waals surface area contributed by atoms with Crippen LogP contribution in [0.15, 0.2) is 60.7 Å². The molecule has 0 heterocycles. The van der Waals surface area contributed by atoms with Gasteiger partial charge in [0.05, 0.1) is 0 Å². The van der Waals surface area contributed by atoms with Gasteiger partial charge in [-0.1, -0.05) is 114 Å². The normalized spacial score (nSPS) is 13.2. The highest BCUT2D eigenvalue weighted by Gasteiger charge is 2.49. The molecular formula is C30H47ClO2Si. The maximum absolute atomic E-state index is 6.99. The SMILES string of the molecule is CCCCOCCC[C@@H](Cl)CCCCCCO[Si](c1ccccc1)(c1ccccc1)C(C)(C)C. The fourth-order valence-electron chi connectivity index (χ4n) is 4.71. The Balaban J connectivity index is 1.80. The van der Waals surface area contributed by atoms with E-state index in [4.69, 9.17) is 20.8 Å². The number of alkyl halides is 1. The summed E-state index contributed by atoms with van der Waals surface area (Å²) >= 11 is 6.53. The third-order valence-electron chi connectivity index (χ3n) is 6.60. The molecule has 0 saturated heterocycles. The molecule has 0 fully saturated rings. The minimum atomic E-state index is -2.40. The molecule has 0 bridgehead atoms. The largest absolute Gasteiger partial charge is 0.407 e. The number of hydrogen-bond donors (Lipinski definition) is 0. The highest BCUT2D eigenvalue weighted by atomic mass is 35.5. The number of hydrogen-bond acceptors (Lipinski definition) is 2. The van der Waals surface area contributed by atoms with Crippen LogP contribution in [-0.2, 0) is 9.16 Å². The second-order valence-corrected chi connectivity index (χ2v) is 15.3. The van der Waals surface area contributed by atoms with Gasteiger partial charge in [0.15, 0.2) is 0 Å². The van der Waals surface area contributed by atoms with E-state index in [1.54, 1.807) is 0 Å². The van der Waals surface area contributed by atoms with E-state index in [1.165, 1.54) is 36.1 Å². The minimum Gasteiger partial charge on any atom is -0.407 e. The second kappa shape index (κ2) is 15.8. The van der Waals surface area contributed by atoms with Crippen molar-refractivity contribution in [1.29, 1.82) is 0 Å². The molecule has 190 valence electrons. The van der Waals surface area contributed by atoms with Crippen molar-refractivity contribution in [2.24, 2.45) is 0 Å². The van der Waals surface area contributed by atoms with Crippen LogP contribution in [0.4, 0.5) is 0 Å². The summed E-state index contributed by atoms with van der Waals surface area (Å²) in [6, 6.07) is 21.8. The fraction of sp³-hybridized carbons (Fsp3) is 0.600. The number of benzene rings is 2. The molecule has 0 radical (unpaired) electrons. The standard InChI is InChI=1S/C30H47ClO2Si/c1-5-6-24-32-25-17-19-27(31)18-11-7-8-16-26-33-34(30(2,3)4,28-20-12-9-13-21-28)29-22-14-10-15-23-29/h9-10,12-15,20-23,27H,5-8,11,16-19,24-26H2,1-4H3/t27-/m0/s1. The van der Waals surface area contributed by atoms with Crippen molar-refractivity contribution >= 4 is 30.3 Å². The zero-order valence-electron chi connectivity index (χ0n) is 22.0. The molecule has 2 aromatic carbocycles. The Kier molecular flexibility index (Phi) is 13.5. The van der Waals surface area contributed by atoms with Crippen molar-refractivity contribution in [2.45, 2.75) is 95.9 Å². The first kappa shape index (κ1) is 29.1. The van der Waals surface area contributed by atoms with Crippen molar-refractivity contribution < 1.29 is 9.16 Å². The zero-order chi connectivity index (χ0) is 24.7. The first-order chi connectivity index (χ1) is 16.4. The van der Waals surface area contributed by atoms with E-state index in [0.717, 1.165) is 51.9 Å². The van der Waals surface area contributed by atoms with E-state index in [2.05, 4.69) is 88.4 Å². The fourth-order valence-corrected chi connectivity index (χ4v) is 9.62. The smallest absolute Gasteiger partial charge is 0.261 e. The average molecular weight is 503 g/mol. The molecular weight excluding hydrogens is 456 g/mol. The van der Waals surface area contributed by atoms with E-state index in [1.807, 2.05) is 0 Å². The van der Waals surface area contributed by atoms with Crippen LogP contribution < -0.4 is 10.4 Å². The molecule has 2 nitrogen and oxygen atoms in total. The van der Waals surface area contributed by atoms with E-state index < -0.39 is 8.32 Å². The van der Waals surface area contributed by atoms with Gasteiger partial charge in [0.2, 0.25) is 0 Å². The van der Waals surface area contributed by atoms with E-state index in [9.17, 15) is 0 Å². The average Bonchev–Trinajstić information content (AvgIpc) is 2.83. The Morgan fingerprint density at radius 3 is 1.79 bits per heavy atom. The molecule has 2 aromatic rings. The van der Waals surface area contributed by atoms with Crippen LogP contribution in [0.25, 0.3) is 0 Å². The van der Waals surface area contributed by atoms with Crippen molar-refractivity contribution in [3.63, 3.8) is 0 Å². The summed E-state index contributed by atoms with van der Waals surface area (Å²) in [5.74, 6) is 0. The number of rotatable bonds is 17. The highest BCUT2D eigenvalue weighted by Crippen LogP contribution is 2.36. The number of unbranched alkanes of at least 4 members (excludes halogenated alkanes) is 4. The van der Waals surface area contributed by atoms with Crippen molar-refractivity contribution in [3.8, 4) is 0 Å². The van der Waals surface area contributed by atoms with Crippen molar-refractivity contribution in [1.82, 2.24) is 0 Å². The van der Waals surface area contributed by atoms with Gasteiger partial charge < -0.3 is 9.16 Å². The monoisotopic (exact) mass is 502 g/mol. The maximum Gasteiger partial charge on any atom is 0.261 e.